The molecule has 0 bridgehead atoms. The van der Waals surface area contributed by atoms with E-state index in [1.54, 1.807) is 48.5 Å². The van der Waals surface area contributed by atoms with Gasteiger partial charge in [0, 0.05) is 38.2 Å². The average Bonchev–Trinajstić information content (AvgIpc) is 3.01. The lowest BCUT2D eigenvalue weighted by molar-refractivity contribution is -0.138. The molecular formula is C35H37NO7. The predicted octanol–water partition coefficient (Wildman–Crippen LogP) is 6.19. The molecule has 8 heteroatoms. The van der Waals surface area contributed by atoms with Crippen LogP contribution in [0.15, 0.2) is 97.1 Å². The van der Waals surface area contributed by atoms with Gasteiger partial charge in [-0.3, -0.25) is 9.59 Å². The molecule has 0 aliphatic carbocycles. The molecule has 0 saturated carbocycles. The lowest BCUT2D eigenvalue weighted by Crippen LogP contribution is -2.28. The Morgan fingerprint density at radius 3 is 1.49 bits per heavy atom. The molecule has 0 aromatic heterocycles. The first-order valence-corrected chi connectivity index (χ1v) is 14.2. The number of benzene rings is 4. The van der Waals surface area contributed by atoms with E-state index in [1.807, 2.05) is 50.5 Å². The summed E-state index contributed by atoms with van der Waals surface area (Å²) in [6, 6.07) is 30.3. The normalized spacial score (nSPS) is 11.1. The smallest absolute Gasteiger partial charge is 0.303 e. The molecule has 224 valence electrons. The molecule has 0 heterocycles. The second-order valence-corrected chi connectivity index (χ2v) is 10.4. The molecule has 0 amide bonds. The molecule has 0 saturated heterocycles. The molecule has 8 nitrogen and oxygen atoms in total. The number of rotatable bonds is 15. The zero-order valence-electron chi connectivity index (χ0n) is 24.4. The number of aliphatic hydroxyl groups is 1. The molecule has 0 spiro atoms. The van der Waals surface area contributed by atoms with Gasteiger partial charge < -0.3 is 29.7 Å². The Balaban J connectivity index is 1.65. The van der Waals surface area contributed by atoms with Crippen LogP contribution in [0.25, 0.3) is 11.1 Å². The van der Waals surface area contributed by atoms with Crippen molar-refractivity contribution < 1.29 is 34.4 Å². The van der Waals surface area contributed by atoms with Gasteiger partial charge in [0.2, 0.25) is 0 Å². The molecule has 0 atom stereocenters. The number of carboxylic acid groups (broad SMARTS) is 2. The molecule has 0 unspecified atom stereocenters. The Morgan fingerprint density at radius 2 is 1.07 bits per heavy atom. The Kier molecular flexibility index (Phi) is 10.4. The lowest BCUT2D eigenvalue weighted by Gasteiger charge is -2.31. The summed E-state index contributed by atoms with van der Waals surface area (Å²) < 4.78 is 11.4. The highest BCUT2D eigenvalue weighted by Gasteiger charge is 2.34. The summed E-state index contributed by atoms with van der Waals surface area (Å²) in [5.74, 6) is -0.566. The van der Waals surface area contributed by atoms with Crippen molar-refractivity contribution >= 4 is 17.6 Å². The van der Waals surface area contributed by atoms with Crippen LogP contribution in [0, 0.1) is 0 Å². The number of carboxylic acids is 2. The Morgan fingerprint density at radius 1 is 0.651 bits per heavy atom. The first-order chi connectivity index (χ1) is 20.7. The summed E-state index contributed by atoms with van der Waals surface area (Å²) in [5.41, 5.74) is 3.60. The van der Waals surface area contributed by atoms with Crippen LogP contribution in [0.3, 0.4) is 0 Å². The van der Waals surface area contributed by atoms with Crippen LogP contribution in [0.2, 0.25) is 0 Å². The van der Waals surface area contributed by atoms with Gasteiger partial charge in [0.15, 0.2) is 0 Å². The summed E-state index contributed by atoms with van der Waals surface area (Å²) in [4.78, 5) is 23.6. The number of hydrogen-bond acceptors (Lipinski definition) is 6. The van der Waals surface area contributed by atoms with Gasteiger partial charge in [0.05, 0.1) is 13.2 Å². The van der Waals surface area contributed by atoms with E-state index in [0.717, 1.165) is 16.8 Å². The number of carbonyl (C=O) groups is 2. The third kappa shape index (κ3) is 7.93. The summed E-state index contributed by atoms with van der Waals surface area (Å²) in [7, 11) is 4.01. The topological polar surface area (TPSA) is 117 Å². The largest absolute Gasteiger partial charge is 0.494 e. The average molecular weight is 584 g/mol. The second-order valence-electron chi connectivity index (χ2n) is 10.4. The molecule has 0 aliphatic rings. The molecule has 3 N–H and O–H groups in total. The molecule has 4 aromatic carbocycles. The zero-order chi connectivity index (χ0) is 30.8. The van der Waals surface area contributed by atoms with Crippen LogP contribution in [0.1, 0.15) is 42.4 Å². The fraction of sp³-hybridized carbons (Fsp3) is 0.257. The molecule has 4 aromatic rings. The van der Waals surface area contributed by atoms with Gasteiger partial charge >= 0.3 is 11.9 Å². The maximum atomic E-state index is 12.4. The van der Waals surface area contributed by atoms with Crippen molar-refractivity contribution in [3.8, 4) is 22.6 Å². The standard InChI is InChI=1S/C35H37NO7/c1-36(2)32-8-4-3-7-31(32)25-11-13-26(14-12-25)35(41,27-15-19-29(20-16-27)42-23-5-9-33(37)38)28-17-21-30(22-18-28)43-24-6-10-34(39)40/h3-4,7-8,11-22,41H,5-6,9-10,23-24H2,1-2H3,(H,37,38)(H,39,40). The van der Waals surface area contributed by atoms with Crippen LogP contribution in [-0.2, 0) is 15.2 Å². The third-order valence-corrected chi connectivity index (χ3v) is 7.15. The van der Waals surface area contributed by atoms with E-state index in [9.17, 15) is 14.7 Å². The number of aliphatic carboxylic acids is 2. The van der Waals surface area contributed by atoms with E-state index in [0.29, 0.717) is 41.0 Å². The van der Waals surface area contributed by atoms with Crippen molar-refractivity contribution in [2.45, 2.75) is 31.3 Å². The number of anilines is 1. The van der Waals surface area contributed by atoms with E-state index in [-0.39, 0.29) is 26.1 Å². The molecule has 0 radical (unpaired) electrons. The van der Waals surface area contributed by atoms with Gasteiger partial charge in [-0.1, -0.05) is 66.7 Å². The first kappa shape index (κ1) is 31.1. The Hall–Kier alpha value is -4.82. The predicted molar refractivity (Wildman–Crippen MR) is 166 cm³/mol. The fourth-order valence-electron chi connectivity index (χ4n) is 4.91. The van der Waals surface area contributed by atoms with Gasteiger partial charge in [-0.15, -0.1) is 0 Å². The van der Waals surface area contributed by atoms with E-state index in [4.69, 9.17) is 19.7 Å². The lowest BCUT2D eigenvalue weighted by atomic mass is 9.80. The van der Waals surface area contributed by atoms with Crippen molar-refractivity contribution in [2.24, 2.45) is 0 Å². The first-order valence-electron chi connectivity index (χ1n) is 14.2. The zero-order valence-corrected chi connectivity index (χ0v) is 24.4. The Bertz CT molecular complexity index is 1430. The number of nitrogens with zero attached hydrogens (tertiary/aromatic N) is 1. The van der Waals surface area contributed by atoms with Crippen LogP contribution in [-0.4, -0.2) is 54.6 Å². The van der Waals surface area contributed by atoms with Crippen molar-refractivity contribution in [2.75, 3.05) is 32.2 Å². The third-order valence-electron chi connectivity index (χ3n) is 7.15. The summed E-state index contributed by atoms with van der Waals surface area (Å²) in [6.07, 6.45) is 0.863. The van der Waals surface area contributed by atoms with Gasteiger partial charge in [0.25, 0.3) is 0 Å². The molecule has 0 aliphatic heterocycles. The molecular weight excluding hydrogens is 546 g/mol. The minimum absolute atomic E-state index is 0.0338. The maximum Gasteiger partial charge on any atom is 0.303 e. The van der Waals surface area contributed by atoms with Gasteiger partial charge in [-0.05, 0) is 65.4 Å². The van der Waals surface area contributed by atoms with Crippen molar-refractivity contribution in [1.29, 1.82) is 0 Å². The van der Waals surface area contributed by atoms with Gasteiger partial charge in [-0.25, -0.2) is 0 Å². The highest BCUT2D eigenvalue weighted by molar-refractivity contribution is 5.78. The summed E-state index contributed by atoms with van der Waals surface area (Å²) >= 11 is 0. The Labute approximate surface area is 251 Å². The van der Waals surface area contributed by atoms with Crippen molar-refractivity contribution in [3.05, 3.63) is 114 Å². The van der Waals surface area contributed by atoms with Gasteiger partial charge in [-0.2, -0.15) is 0 Å². The minimum Gasteiger partial charge on any atom is -0.494 e. The van der Waals surface area contributed by atoms with Gasteiger partial charge in [0.1, 0.15) is 17.1 Å². The number of ether oxygens (including phenoxy) is 2. The second kappa shape index (κ2) is 14.4. The van der Waals surface area contributed by atoms with Crippen LogP contribution in [0.5, 0.6) is 11.5 Å². The maximum absolute atomic E-state index is 12.4. The molecule has 0 fully saturated rings. The number of hydrogen-bond donors (Lipinski definition) is 3. The van der Waals surface area contributed by atoms with E-state index < -0.39 is 17.5 Å². The highest BCUT2D eigenvalue weighted by atomic mass is 16.5. The highest BCUT2D eigenvalue weighted by Crippen LogP contribution is 2.39. The summed E-state index contributed by atoms with van der Waals surface area (Å²) in [5, 5.41) is 30.1. The van der Waals surface area contributed by atoms with E-state index in [1.165, 1.54) is 0 Å². The number of para-hydroxylation sites is 1. The van der Waals surface area contributed by atoms with Crippen LogP contribution < -0.4 is 14.4 Å². The van der Waals surface area contributed by atoms with Crippen molar-refractivity contribution in [3.63, 3.8) is 0 Å². The fourth-order valence-corrected chi connectivity index (χ4v) is 4.91. The molecule has 4 rings (SSSR count). The minimum atomic E-state index is -1.51. The van der Waals surface area contributed by atoms with E-state index >= 15 is 0 Å². The van der Waals surface area contributed by atoms with E-state index in [2.05, 4.69) is 17.0 Å². The van der Waals surface area contributed by atoms with Crippen LogP contribution in [0.4, 0.5) is 5.69 Å². The summed E-state index contributed by atoms with van der Waals surface area (Å²) in [6.45, 7) is 0.555. The van der Waals surface area contributed by atoms with Crippen molar-refractivity contribution in [1.82, 2.24) is 0 Å². The monoisotopic (exact) mass is 583 g/mol. The van der Waals surface area contributed by atoms with Crippen LogP contribution >= 0.6 is 0 Å². The SMILES string of the molecule is CN(C)c1ccccc1-c1ccc(C(O)(c2ccc(OCCCC(=O)O)cc2)c2ccc(OCCCC(=O)O)cc2)cc1. The molecule has 43 heavy (non-hydrogen) atoms. The quantitative estimate of drug-likeness (QED) is 0.112.